The van der Waals surface area contributed by atoms with Crippen LogP contribution in [0.15, 0.2) is 24.3 Å². The van der Waals surface area contributed by atoms with Crippen molar-refractivity contribution in [1.82, 2.24) is 0 Å². The van der Waals surface area contributed by atoms with Gasteiger partial charge in [-0.05, 0) is 13.0 Å². The molecule has 1 aromatic rings. The fourth-order valence-corrected chi connectivity index (χ4v) is 1.23. The van der Waals surface area contributed by atoms with Gasteiger partial charge in [0.05, 0.1) is 12.7 Å². The molecule has 0 aromatic heterocycles. The number of ether oxygens (including phenoxy) is 2. The summed E-state index contributed by atoms with van der Waals surface area (Å²) >= 11 is 0. The fraction of sp³-hybridized carbons (Fsp3) is 0.364. The SMILES string of the molecule is CCOc1ccccc1C(C#N)OC. The van der Waals surface area contributed by atoms with Gasteiger partial charge in [-0.15, -0.1) is 0 Å². The van der Waals surface area contributed by atoms with Gasteiger partial charge in [-0.2, -0.15) is 5.26 Å². The molecule has 0 aliphatic carbocycles. The lowest BCUT2D eigenvalue weighted by atomic mass is 10.1. The highest BCUT2D eigenvalue weighted by Gasteiger charge is 2.13. The van der Waals surface area contributed by atoms with Crippen molar-refractivity contribution in [3.63, 3.8) is 0 Å². The van der Waals surface area contributed by atoms with E-state index in [0.29, 0.717) is 12.4 Å². The molecule has 0 N–H and O–H groups in total. The lowest BCUT2D eigenvalue weighted by Crippen LogP contribution is -2.02. The van der Waals surface area contributed by atoms with Crippen LogP contribution in [0, 0.1) is 11.3 Å². The van der Waals surface area contributed by atoms with Gasteiger partial charge < -0.3 is 9.47 Å². The number of hydrogen-bond acceptors (Lipinski definition) is 3. The van der Waals surface area contributed by atoms with E-state index in [9.17, 15) is 0 Å². The summed E-state index contributed by atoms with van der Waals surface area (Å²) in [5.74, 6) is 0.711. The van der Waals surface area contributed by atoms with Crippen LogP contribution in [0.25, 0.3) is 0 Å². The largest absolute Gasteiger partial charge is 0.493 e. The summed E-state index contributed by atoms with van der Waals surface area (Å²) in [5, 5.41) is 8.84. The van der Waals surface area contributed by atoms with Gasteiger partial charge in [-0.1, -0.05) is 18.2 Å². The van der Waals surface area contributed by atoms with E-state index in [1.807, 2.05) is 31.2 Å². The van der Waals surface area contributed by atoms with E-state index in [1.165, 1.54) is 7.11 Å². The molecule has 1 unspecified atom stereocenters. The Morgan fingerprint density at radius 3 is 2.71 bits per heavy atom. The molecule has 0 saturated heterocycles. The Morgan fingerprint density at radius 1 is 1.43 bits per heavy atom. The van der Waals surface area contributed by atoms with Gasteiger partial charge in [-0.3, -0.25) is 0 Å². The summed E-state index contributed by atoms with van der Waals surface area (Å²) in [7, 11) is 1.51. The van der Waals surface area contributed by atoms with E-state index in [0.717, 1.165) is 5.56 Å². The van der Waals surface area contributed by atoms with Crippen LogP contribution in [0.4, 0.5) is 0 Å². The predicted molar refractivity (Wildman–Crippen MR) is 53.0 cm³/mol. The maximum Gasteiger partial charge on any atom is 0.172 e. The zero-order chi connectivity index (χ0) is 10.4. The number of hydrogen-bond donors (Lipinski definition) is 0. The molecule has 1 atom stereocenters. The van der Waals surface area contributed by atoms with Gasteiger partial charge in [0.25, 0.3) is 0 Å². The average molecular weight is 191 g/mol. The highest BCUT2D eigenvalue weighted by molar-refractivity contribution is 5.37. The van der Waals surface area contributed by atoms with Crippen LogP contribution in [0.2, 0.25) is 0 Å². The lowest BCUT2D eigenvalue weighted by molar-refractivity contribution is 0.145. The van der Waals surface area contributed by atoms with Gasteiger partial charge >= 0.3 is 0 Å². The van der Waals surface area contributed by atoms with Crippen LogP contribution < -0.4 is 4.74 Å². The molecule has 0 fully saturated rings. The zero-order valence-electron chi connectivity index (χ0n) is 8.36. The van der Waals surface area contributed by atoms with Gasteiger partial charge in [-0.25, -0.2) is 0 Å². The molecule has 0 bridgehead atoms. The quantitative estimate of drug-likeness (QED) is 0.733. The van der Waals surface area contributed by atoms with Crippen LogP contribution in [0.5, 0.6) is 5.75 Å². The topological polar surface area (TPSA) is 42.2 Å². The van der Waals surface area contributed by atoms with E-state index >= 15 is 0 Å². The predicted octanol–water partition coefficient (Wildman–Crippen LogP) is 2.30. The van der Waals surface area contributed by atoms with E-state index in [1.54, 1.807) is 0 Å². The highest BCUT2D eigenvalue weighted by atomic mass is 16.5. The number of nitriles is 1. The third-order valence-electron chi connectivity index (χ3n) is 1.85. The molecular formula is C11H13NO2. The van der Waals surface area contributed by atoms with Crippen molar-refractivity contribution in [2.45, 2.75) is 13.0 Å². The Bertz CT molecular complexity index is 330. The van der Waals surface area contributed by atoms with E-state index < -0.39 is 6.10 Å². The summed E-state index contributed by atoms with van der Waals surface area (Å²) in [4.78, 5) is 0. The van der Waals surface area contributed by atoms with Crippen LogP contribution in [0.1, 0.15) is 18.6 Å². The van der Waals surface area contributed by atoms with Crippen LogP contribution >= 0.6 is 0 Å². The van der Waals surface area contributed by atoms with Crippen molar-refractivity contribution >= 4 is 0 Å². The minimum atomic E-state index is -0.558. The molecule has 0 aliphatic heterocycles. The average Bonchev–Trinajstić information content (AvgIpc) is 2.23. The lowest BCUT2D eigenvalue weighted by Gasteiger charge is -2.12. The molecule has 3 heteroatoms. The molecule has 0 heterocycles. The maximum absolute atomic E-state index is 8.84. The molecule has 3 nitrogen and oxygen atoms in total. The third-order valence-corrected chi connectivity index (χ3v) is 1.85. The minimum Gasteiger partial charge on any atom is -0.493 e. The first kappa shape index (κ1) is 10.6. The van der Waals surface area contributed by atoms with Gasteiger partial charge in [0.1, 0.15) is 5.75 Å². The Balaban J connectivity index is 3.00. The van der Waals surface area contributed by atoms with Crippen LogP contribution in [-0.4, -0.2) is 13.7 Å². The van der Waals surface area contributed by atoms with Crippen molar-refractivity contribution in [3.05, 3.63) is 29.8 Å². The number of nitrogens with zero attached hydrogens (tertiary/aromatic N) is 1. The minimum absolute atomic E-state index is 0.558. The maximum atomic E-state index is 8.84. The Morgan fingerprint density at radius 2 is 2.14 bits per heavy atom. The summed E-state index contributed by atoms with van der Waals surface area (Å²) in [5.41, 5.74) is 0.777. The first-order valence-corrected chi connectivity index (χ1v) is 4.47. The molecule has 14 heavy (non-hydrogen) atoms. The third kappa shape index (κ3) is 2.24. The smallest absolute Gasteiger partial charge is 0.172 e. The van der Waals surface area contributed by atoms with Crippen molar-refractivity contribution in [2.24, 2.45) is 0 Å². The summed E-state index contributed by atoms with van der Waals surface area (Å²) in [6, 6.07) is 9.47. The molecule has 0 radical (unpaired) electrons. The molecule has 0 spiro atoms. The second kappa shape index (κ2) is 5.25. The fourth-order valence-electron chi connectivity index (χ4n) is 1.23. The molecule has 1 aromatic carbocycles. The van der Waals surface area contributed by atoms with Crippen molar-refractivity contribution in [2.75, 3.05) is 13.7 Å². The number of benzene rings is 1. The first-order chi connectivity index (χ1) is 6.83. The molecule has 74 valence electrons. The summed E-state index contributed by atoms with van der Waals surface area (Å²) in [6.07, 6.45) is -0.558. The first-order valence-electron chi connectivity index (χ1n) is 4.47. The Labute approximate surface area is 83.9 Å². The van der Waals surface area contributed by atoms with Gasteiger partial charge in [0, 0.05) is 12.7 Å². The van der Waals surface area contributed by atoms with E-state index in [2.05, 4.69) is 6.07 Å². The molecule has 0 aliphatic rings. The second-order valence-corrected chi connectivity index (χ2v) is 2.72. The Kier molecular flexibility index (Phi) is 3.96. The molecule has 0 saturated carbocycles. The molecule has 0 amide bonds. The van der Waals surface area contributed by atoms with E-state index in [4.69, 9.17) is 14.7 Å². The van der Waals surface area contributed by atoms with Gasteiger partial charge in [0.2, 0.25) is 0 Å². The standard InChI is InChI=1S/C11H13NO2/c1-3-14-10-7-5-4-6-9(10)11(8-12)13-2/h4-7,11H,3H2,1-2H3. The van der Waals surface area contributed by atoms with Gasteiger partial charge in [0.15, 0.2) is 6.10 Å². The monoisotopic (exact) mass is 191 g/mol. The van der Waals surface area contributed by atoms with E-state index in [-0.39, 0.29) is 0 Å². The molecular weight excluding hydrogens is 178 g/mol. The Hall–Kier alpha value is -1.53. The van der Waals surface area contributed by atoms with Crippen LogP contribution in [0.3, 0.4) is 0 Å². The number of rotatable bonds is 4. The number of methoxy groups -OCH3 is 1. The zero-order valence-corrected chi connectivity index (χ0v) is 8.36. The van der Waals surface area contributed by atoms with Crippen molar-refractivity contribution in [1.29, 1.82) is 5.26 Å². The number of para-hydroxylation sites is 1. The summed E-state index contributed by atoms with van der Waals surface area (Å²) in [6.45, 7) is 2.49. The summed E-state index contributed by atoms with van der Waals surface area (Å²) < 4.78 is 10.4. The molecule has 1 rings (SSSR count). The normalized spacial score (nSPS) is 11.8. The second-order valence-electron chi connectivity index (χ2n) is 2.72. The van der Waals surface area contributed by atoms with Crippen molar-refractivity contribution in [3.8, 4) is 11.8 Å². The van der Waals surface area contributed by atoms with Crippen molar-refractivity contribution < 1.29 is 9.47 Å². The van der Waals surface area contributed by atoms with Crippen LogP contribution in [-0.2, 0) is 4.74 Å². The highest BCUT2D eigenvalue weighted by Crippen LogP contribution is 2.26.